The van der Waals surface area contributed by atoms with Crippen LogP contribution in [0, 0.1) is 0 Å². The topological polar surface area (TPSA) is 50.2 Å². The van der Waals surface area contributed by atoms with Crippen LogP contribution in [-0.2, 0) is 0 Å². The van der Waals surface area contributed by atoms with Gasteiger partial charge in [0.1, 0.15) is 10.9 Å². The van der Waals surface area contributed by atoms with Crippen molar-refractivity contribution in [3.8, 4) is 5.75 Å². The van der Waals surface area contributed by atoms with Crippen LogP contribution in [0.4, 0.5) is 0 Å². The molecule has 0 aliphatic carbocycles. The van der Waals surface area contributed by atoms with Crippen molar-refractivity contribution in [3.63, 3.8) is 0 Å². The second-order valence-electron chi connectivity index (χ2n) is 5.94. The van der Waals surface area contributed by atoms with Crippen LogP contribution in [0.5, 0.6) is 5.75 Å². The van der Waals surface area contributed by atoms with Gasteiger partial charge in [-0.25, -0.2) is 4.98 Å². The van der Waals surface area contributed by atoms with Gasteiger partial charge in [0.15, 0.2) is 5.78 Å². The molecule has 3 aromatic carbocycles. The van der Waals surface area contributed by atoms with Gasteiger partial charge in [0.05, 0.1) is 11.1 Å². The average molecular weight is 360 g/mol. The lowest BCUT2D eigenvalue weighted by atomic mass is 10.0. The quantitative estimate of drug-likeness (QED) is 0.223. The number of rotatable bonds is 3. The SMILES string of the molecule is O=C(/C=C/c1cc2ccc3ccccc3c2nc1Cl)c1ccccc1O. The number of pyridine rings is 1. The lowest BCUT2D eigenvalue weighted by molar-refractivity contribution is 0.104. The summed E-state index contributed by atoms with van der Waals surface area (Å²) in [6, 6.07) is 20.4. The first-order chi connectivity index (χ1) is 12.6. The minimum absolute atomic E-state index is 0.0450. The van der Waals surface area contributed by atoms with Gasteiger partial charge in [-0.3, -0.25) is 4.79 Å². The number of hydrogen-bond acceptors (Lipinski definition) is 3. The van der Waals surface area contributed by atoms with E-state index >= 15 is 0 Å². The molecule has 1 aromatic heterocycles. The Kier molecular flexibility index (Phi) is 4.15. The minimum atomic E-state index is -0.294. The standard InChI is InChI=1S/C22H14ClNO2/c23-22-16(11-12-20(26)18-7-3-4-8-19(18)25)13-15-10-9-14-5-1-2-6-17(14)21(15)24-22/h1-13,25H/b12-11+. The number of nitrogens with zero attached hydrogens (tertiary/aromatic N) is 1. The van der Waals surface area contributed by atoms with Crippen molar-refractivity contribution in [1.82, 2.24) is 4.98 Å². The molecule has 0 saturated carbocycles. The predicted octanol–water partition coefficient (Wildman–Crippen LogP) is 5.64. The summed E-state index contributed by atoms with van der Waals surface area (Å²) in [7, 11) is 0. The molecule has 0 spiro atoms. The zero-order valence-electron chi connectivity index (χ0n) is 13.7. The minimum Gasteiger partial charge on any atom is -0.507 e. The van der Waals surface area contributed by atoms with Crippen molar-refractivity contribution < 1.29 is 9.90 Å². The summed E-state index contributed by atoms with van der Waals surface area (Å²) in [5, 5.41) is 13.2. The monoisotopic (exact) mass is 359 g/mol. The zero-order chi connectivity index (χ0) is 18.1. The highest BCUT2D eigenvalue weighted by molar-refractivity contribution is 6.31. The van der Waals surface area contributed by atoms with Gasteiger partial charge in [-0.15, -0.1) is 0 Å². The second-order valence-corrected chi connectivity index (χ2v) is 6.30. The number of allylic oxidation sites excluding steroid dienone is 1. The third-order valence-corrected chi connectivity index (χ3v) is 4.58. The number of phenols is 1. The van der Waals surface area contributed by atoms with E-state index in [-0.39, 0.29) is 17.1 Å². The molecule has 0 amide bonds. The van der Waals surface area contributed by atoms with Crippen molar-refractivity contribution in [2.24, 2.45) is 0 Å². The van der Waals surface area contributed by atoms with E-state index < -0.39 is 0 Å². The molecule has 0 aliphatic heterocycles. The maximum Gasteiger partial charge on any atom is 0.189 e. The van der Waals surface area contributed by atoms with Crippen LogP contribution < -0.4 is 0 Å². The van der Waals surface area contributed by atoms with Crippen LogP contribution in [0.2, 0.25) is 5.15 Å². The van der Waals surface area contributed by atoms with Gasteiger partial charge >= 0.3 is 0 Å². The Morgan fingerprint density at radius 1 is 0.962 bits per heavy atom. The normalized spacial score (nSPS) is 11.4. The Morgan fingerprint density at radius 2 is 1.69 bits per heavy atom. The van der Waals surface area contributed by atoms with Gasteiger partial charge in [-0.05, 0) is 35.7 Å². The molecular formula is C22H14ClNO2. The maximum absolute atomic E-state index is 12.3. The van der Waals surface area contributed by atoms with E-state index in [0.717, 1.165) is 21.7 Å². The van der Waals surface area contributed by atoms with Crippen LogP contribution in [0.25, 0.3) is 27.8 Å². The maximum atomic E-state index is 12.3. The third-order valence-electron chi connectivity index (χ3n) is 4.27. The molecule has 1 N–H and O–H groups in total. The summed E-state index contributed by atoms with van der Waals surface area (Å²) in [6.45, 7) is 0. The van der Waals surface area contributed by atoms with E-state index in [1.165, 1.54) is 12.1 Å². The van der Waals surface area contributed by atoms with Crippen molar-refractivity contribution >= 4 is 45.1 Å². The zero-order valence-corrected chi connectivity index (χ0v) is 14.4. The molecule has 3 nitrogen and oxygen atoms in total. The fraction of sp³-hybridized carbons (Fsp3) is 0. The number of para-hydroxylation sites is 1. The first-order valence-electron chi connectivity index (χ1n) is 8.12. The largest absolute Gasteiger partial charge is 0.507 e. The highest BCUT2D eigenvalue weighted by atomic mass is 35.5. The molecule has 0 fully saturated rings. The molecule has 4 rings (SSSR count). The van der Waals surface area contributed by atoms with Crippen LogP contribution in [0.15, 0.2) is 72.8 Å². The first kappa shape index (κ1) is 16.3. The molecule has 26 heavy (non-hydrogen) atoms. The fourth-order valence-corrected chi connectivity index (χ4v) is 3.16. The van der Waals surface area contributed by atoms with Gasteiger partial charge in [0.2, 0.25) is 0 Å². The molecule has 0 bridgehead atoms. The van der Waals surface area contributed by atoms with E-state index in [1.807, 2.05) is 42.5 Å². The van der Waals surface area contributed by atoms with Gasteiger partial charge in [0.25, 0.3) is 0 Å². The Morgan fingerprint density at radius 3 is 2.54 bits per heavy atom. The van der Waals surface area contributed by atoms with Crippen molar-refractivity contribution in [3.05, 3.63) is 89.1 Å². The molecule has 1 heterocycles. The van der Waals surface area contributed by atoms with Gasteiger partial charge in [-0.2, -0.15) is 0 Å². The van der Waals surface area contributed by atoms with Gasteiger partial charge in [-0.1, -0.05) is 60.1 Å². The Labute approximate surface area is 155 Å². The predicted molar refractivity (Wildman–Crippen MR) is 106 cm³/mol. The summed E-state index contributed by atoms with van der Waals surface area (Å²) in [5.74, 6) is -0.339. The first-order valence-corrected chi connectivity index (χ1v) is 8.50. The van der Waals surface area contributed by atoms with Crippen molar-refractivity contribution in [2.75, 3.05) is 0 Å². The fourth-order valence-electron chi connectivity index (χ4n) is 2.96. The van der Waals surface area contributed by atoms with Crippen LogP contribution in [0.3, 0.4) is 0 Å². The number of aromatic hydroxyl groups is 1. The molecule has 4 heteroatoms. The number of fused-ring (bicyclic) bond motifs is 3. The lowest BCUT2D eigenvalue weighted by Crippen LogP contribution is -1.94. The van der Waals surface area contributed by atoms with Gasteiger partial charge < -0.3 is 5.11 Å². The number of phenolic OH excluding ortho intramolecular Hbond substituents is 1. The molecule has 0 radical (unpaired) electrons. The van der Waals surface area contributed by atoms with E-state index in [0.29, 0.717) is 10.7 Å². The van der Waals surface area contributed by atoms with E-state index in [9.17, 15) is 9.90 Å². The summed E-state index contributed by atoms with van der Waals surface area (Å²) >= 11 is 6.34. The average Bonchev–Trinajstić information content (AvgIpc) is 2.66. The lowest BCUT2D eigenvalue weighted by Gasteiger charge is -2.06. The summed E-state index contributed by atoms with van der Waals surface area (Å²) < 4.78 is 0. The highest BCUT2D eigenvalue weighted by Gasteiger charge is 2.09. The number of aromatic nitrogens is 1. The Bertz CT molecular complexity index is 1180. The Hall–Kier alpha value is -3.17. The number of carbonyl (C=O) groups is 1. The van der Waals surface area contributed by atoms with Crippen molar-refractivity contribution in [2.45, 2.75) is 0 Å². The highest BCUT2D eigenvalue weighted by Crippen LogP contribution is 2.28. The van der Waals surface area contributed by atoms with Crippen LogP contribution in [-0.4, -0.2) is 15.9 Å². The Balaban J connectivity index is 1.75. The third kappa shape index (κ3) is 2.93. The number of halogens is 1. The van der Waals surface area contributed by atoms with Crippen LogP contribution >= 0.6 is 11.6 Å². The van der Waals surface area contributed by atoms with E-state index in [4.69, 9.17) is 11.6 Å². The molecule has 0 unspecified atom stereocenters. The molecular weight excluding hydrogens is 346 g/mol. The second kappa shape index (κ2) is 6.62. The van der Waals surface area contributed by atoms with Gasteiger partial charge in [0, 0.05) is 16.3 Å². The number of benzene rings is 3. The van der Waals surface area contributed by atoms with Crippen LogP contribution in [0.1, 0.15) is 15.9 Å². The summed E-state index contributed by atoms with van der Waals surface area (Å²) in [6.07, 6.45) is 3.02. The molecule has 126 valence electrons. The number of carbonyl (C=O) groups excluding carboxylic acids is 1. The van der Waals surface area contributed by atoms with E-state index in [2.05, 4.69) is 4.98 Å². The number of ketones is 1. The molecule has 0 aliphatic rings. The summed E-state index contributed by atoms with van der Waals surface area (Å²) in [4.78, 5) is 16.8. The van der Waals surface area contributed by atoms with Crippen molar-refractivity contribution in [1.29, 1.82) is 0 Å². The molecule has 0 saturated heterocycles. The molecule has 0 atom stereocenters. The number of hydrogen-bond donors (Lipinski definition) is 1. The van der Waals surface area contributed by atoms with E-state index in [1.54, 1.807) is 24.3 Å². The smallest absolute Gasteiger partial charge is 0.189 e. The summed E-state index contributed by atoms with van der Waals surface area (Å²) in [5.41, 5.74) is 1.73. The molecule has 4 aromatic rings.